The molecule has 0 saturated heterocycles. The smallest absolute Gasteiger partial charge is 0.258 e. The van der Waals surface area contributed by atoms with Gasteiger partial charge >= 0.3 is 0 Å². The maximum atomic E-state index is 13.4. The summed E-state index contributed by atoms with van der Waals surface area (Å²) in [5.74, 6) is -1.71. The number of phenols is 1. The van der Waals surface area contributed by atoms with Crippen molar-refractivity contribution in [3.63, 3.8) is 0 Å². The fraction of sp³-hybridized carbons (Fsp3) is 0.200. The minimum Gasteiger partial charge on any atom is -0.507 e. The average Bonchev–Trinajstić information content (AvgIpc) is 2.81. The third-order valence-electron chi connectivity index (χ3n) is 2.32. The lowest BCUT2D eigenvalue weighted by atomic mass is 10.1. The number of H-pyrrole nitrogens is 1. The van der Waals surface area contributed by atoms with E-state index in [1.807, 2.05) is 0 Å². The van der Waals surface area contributed by atoms with Crippen molar-refractivity contribution in [2.24, 2.45) is 0 Å². The van der Waals surface area contributed by atoms with Crippen LogP contribution in [0, 0.1) is 5.82 Å². The Morgan fingerprint density at radius 2 is 2.33 bits per heavy atom. The first-order chi connectivity index (χ1) is 8.59. The number of aromatic amines is 1. The third-order valence-corrected chi connectivity index (χ3v) is 2.32. The Hall–Kier alpha value is -2.51. The molecule has 94 valence electrons. The molecule has 7 nitrogen and oxygen atoms in total. The number of aromatic hydroxyl groups is 1. The fourth-order valence-corrected chi connectivity index (χ4v) is 1.42. The van der Waals surface area contributed by atoms with Crippen molar-refractivity contribution in [2.75, 3.05) is 0 Å². The number of nitrogens with zero attached hydrogens (tertiary/aromatic N) is 3. The summed E-state index contributed by atoms with van der Waals surface area (Å²) < 4.78 is 13.4. The van der Waals surface area contributed by atoms with E-state index in [1.165, 1.54) is 12.1 Å². The Labute approximate surface area is 101 Å². The number of hydrogen-bond donors (Lipinski definition) is 3. The molecule has 0 aliphatic carbocycles. The van der Waals surface area contributed by atoms with Crippen molar-refractivity contribution >= 4 is 5.91 Å². The van der Waals surface area contributed by atoms with Crippen LogP contribution in [0.4, 0.5) is 4.39 Å². The average molecular weight is 251 g/mol. The highest BCUT2D eigenvalue weighted by Gasteiger charge is 2.20. The second-order valence-corrected chi connectivity index (χ2v) is 3.60. The summed E-state index contributed by atoms with van der Waals surface area (Å²) >= 11 is 0. The van der Waals surface area contributed by atoms with Gasteiger partial charge in [0.05, 0.1) is 6.04 Å². The molecule has 0 spiro atoms. The van der Waals surface area contributed by atoms with Crippen LogP contribution in [0.3, 0.4) is 0 Å². The number of amides is 1. The first-order valence-corrected chi connectivity index (χ1v) is 5.11. The zero-order chi connectivity index (χ0) is 13.1. The highest BCUT2D eigenvalue weighted by atomic mass is 19.1. The van der Waals surface area contributed by atoms with E-state index in [0.717, 1.165) is 6.07 Å². The van der Waals surface area contributed by atoms with Gasteiger partial charge in [-0.15, -0.1) is 10.2 Å². The SMILES string of the molecule is CC(NC(=O)c1c(O)cccc1F)c1nn[nH]n1. The number of benzene rings is 1. The van der Waals surface area contributed by atoms with Gasteiger partial charge in [-0.3, -0.25) is 4.79 Å². The lowest BCUT2D eigenvalue weighted by Crippen LogP contribution is -2.28. The van der Waals surface area contributed by atoms with Gasteiger partial charge in [-0.2, -0.15) is 5.21 Å². The molecule has 0 aliphatic heterocycles. The molecule has 1 amide bonds. The standard InChI is InChI=1S/C10H10FN5O2/c1-5(9-13-15-16-14-9)12-10(18)8-6(11)3-2-4-7(8)17/h2-5,17H,1H3,(H,12,18)(H,13,14,15,16). The molecule has 1 heterocycles. The van der Waals surface area contributed by atoms with Crippen LogP contribution in [0.1, 0.15) is 29.1 Å². The first-order valence-electron chi connectivity index (χ1n) is 5.11. The highest BCUT2D eigenvalue weighted by molar-refractivity contribution is 5.97. The zero-order valence-corrected chi connectivity index (χ0v) is 9.38. The van der Waals surface area contributed by atoms with Gasteiger partial charge in [-0.05, 0) is 19.1 Å². The number of halogens is 1. The Morgan fingerprint density at radius 1 is 1.56 bits per heavy atom. The van der Waals surface area contributed by atoms with Gasteiger partial charge in [0, 0.05) is 0 Å². The summed E-state index contributed by atoms with van der Waals surface area (Å²) in [6.45, 7) is 1.61. The normalized spacial score (nSPS) is 12.1. The van der Waals surface area contributed by atoms with E-state index in [4.69, 9.17) is 0 Å². The second-order valence-electron chi connectivity index (χ2n) is 3.60. The predicted octanol–water partition coefficient (Wildman–Crippen LogP) is 0.535. The van der Waals surface area contributed by atoms with E-state index in [-0.39, 0.29) is 5.82 Å². The Kier molecular flexibility index (Phi) is 3.18. The largest absolute Gasteiger partial charge is 0.507 e. The lowest BCUT2D eigenvalue weighted by molar-refractivity contribution is 0.0931. The number of carbonyl (C=O) groups excluding carboxylic acids is 1. The van der Waals surface area contributed by atoms with Gasteiger partial charge in [0.15, 0.2) is 5.82 Å². The third kappa shape index (κ3) is 2.26. The van der Waals surface area contributed by atoms with Crippen LogP contribution in [0.25, 0.3) is 0 Å². The number of carbonyl (C=O) groups is 1. The molecule has 3 N–H and O–H groups in total. The van der Waals surface area contributed by atoms with E-state index in [2.05, 4.69) is 25.9 Å². The summed E-state index contributed by atoms with van der Waals surface area (Å²) in [6.07, 6.45) is 0. The molecule has 0 fully saturated rings. The fourth-order valence-electron chi connectivity index (χ4n) is 1.42. The van der Waals surface area contributed by atoms with Crippen molar-refractivity contribution in [2.45, 2.75) is 13.0 Å². The molecule has 1 aromatic heterocycles. The molecule has 1 atom stereocenters. The number of tetrazole rings is 1. The minimum absolute atomic E-state index is 0.263. The van der Waals surface area contributed by atoms with Gasteiger partial charge in [0.2, 0.25) is 0 Å². The van der Waals surface area contributed by atoms with Crippen LogP contribution in [0.15, 0.2) is 18.2 Å². The molecular weight excluding hydrogens is 241 g/mol. The molecular formula is C10H10FN5O2. The Balaban J connectivity index is 2.18. The monoisotopic (exact) mass is 251 g/mol. The molecule has 2 aromatic rings. The topological polar surface area (TPSA) is 104 Å². The molecule has 0 saturated carbocycles. The van der Waals surface area contributed by atoms with Crippen molar-refractivity contribution in [3.05, 3.63) is 35.4 Å². The molecule has 1 aromatic carbocycles. The van der Waals surface area contributed by atoms with Crippen molar-refractivity contribution in [1.29, 1.82) is 0 Å². The van der Waals surface area contributed by atoms with E-state index >= 15 is 0 Å². The number of hydrogen-bond acceptors (Lipinski definition) is 5. The Bertz CT molecular complexity index is 537. The summed E-state index contributed by atoms with van der Waals surface area (Å²) in [5, 5.41) is 24.9. The van der Waals surface area contributed by atoms with Gasteiger partial charge in [-0.1, -0.05) is 11.3 Å². The van der Waals surface area contributed by atoms with Crippen molar-refractivity contribution in [1.82, 2.24) is 25.9 Å². The summed E-state index contributed by atoms with van der Waals surface area (Å²) in [4.78, 5) is 11.8. The predicted molar refractivity (Wildman–Crippen MR) is 58.1 cm³/mol. The van der Waals surface area contributed by atoms with Crippen LogP contribution in [-0.4, -0.2) is 31.6 Å². The van der Waals surface area contributed by atoms with Gasteiger partial charge in [0.1, 0.15) is 17.1 Å². The van der Waals surface area contributed by atoms with Crippen molar-refractivity contribution in [3.8, 4) is 5.75 Å². The summed E-state index contributed by atoms with van der Waals surface area (Å²) in [6, 6.07) is 3.07. The number of rotatable bonds is 3. The molecule has 1 unspecified atom stereocenters. The second kappa shape index (κ2) is 4.78. The quantitative estimate of drug-likeness (QED) is 0.738. The highest BCUT2D eigenvalue weighted by Crippen LogP contribution is 2.20. The van der Waals surface area contributed by atoms with E-state index < -0.39 is 29.1 Å². The van der Waals surface area contributed by atoms with Crippen LogP contribution < -0.4 is 5.32 Å². The van der Waals surface area contributed by atoms with Crippen LogP contribution >= 0.6 is 0 Å². The zero-order valence-electron chi connectivity index (χ0n) is 9.38. The lowest BCUT2D eigenvalue weighted by Gasteiger charge is -2.11. The number of nitrogens with one attached hydrogen (secondary N) is 2. The maximum Gasteiger partial charge on any atom is 0.258 e. The Morgan fingerprint density at radius 3 is 2.94 bits per heavy atom. The summed E-state index contributed by atoms with van der Waals surface area (Å²) in [5.41, 5.74) is -0.409. The van der Waals surface area contributed by atoms with Crippen molar-refractivity contribution < 1.29 is 14.3 Å². The molecule has 0 bridgehead atoms. The molecule has 18 heavy (non-hydrogen) atoms. The molecule has 0 aliphatic rings. The minimum atomic E-state index is -0.798. The summed E-state index contributed by atoms with van der Waals surface area (Å²) in [7, 11) is 0. The number of phenolic OH excluding ortho intramolecular Hbond substituents is 1. The van der Waals surface area contributed by atoms with Gasteiger partial charge in [-0.25, -0.2) is 4.39 Å². The van der Waals surface area contributed by atoms with Crippen LogP contribution in [0.5, 0.6) is 5.75 Å². The molecule has 0 radical (unpaired) electrons. The van der Waals surface area contributed by atoms with E-state index in [9.17, 15) is 14.3 Å². The maximum absolute atomic E-state index is 13.4. The molecule has 8 heteroatoms. The number of aromatic nitrogens is 4. The van der Waals surface area contributed by atoms with Gasteiger partial charge in [0.25, 0.3) is 5.91 Å². The van der Waals surface area contributed by atoms with Crippen LogP contribution in [-0.2, 0) is 0 Å². The van der Waals surface area contributed by atoms with E-state index in [0.29, 0.717) is 0 Å². The first kappa shape index (κ1) is 12.0. The molecule has 2 rings (SSSR count). The van der Waals surface area contributed by atoms with Crippen LogP contribution in [0.2, 0.25) is 0 Å². The van der Waals surface area contributed by atoms with Gasteiger partial charge < -0.3 is 10.4 Å². The van der Waals surface area contributed by atoms with E-state index in [1.54, 1.807) is 6.92 Å².